The molecule has 0 saturated carbocycles. The van der Waals surface area contributed by atoms with Gasteiger partial charge < -0.3 is 24.4 Å². The molecule has 0 spiro atoms. The quantitative estimate of drug-likeness (QED) is 0.303. The van der Waals surface area contributed by atoms with Gasteiger partial charge in [0, 0.05) is 23.9 Å². The smallest absolute Gasteiger partial charge is 0.264 e. The first-order valence-electron chi connectivity index (χ1n) is 13.9. The van der Waals surface area contributed by atoms with Crippen LogP contribution in [0, 0.1) is 12.7 Å². The van der Waals surface area contributed by atoms with Crippen LogP contribution >= 0.6 is 0 Å². The Morgan fingerprint density at radius 1 is 1.20 bits per heavy atom. The second-order valence-corrected chi connectivity index (χ2v) is 11.3. The Labute approximate surface area is 251 Å². The number of rotatable bonds is 8. The molecule has 12 nitrogen and oxygen atoms in total. The molecule has 2 aliphatic heterocycles. The summed E-state index contributed by atoms with van der Waals surface area (Å²) >= 11 is 0. The minimum atomic E-state index is -2.13. The Morgan fingerprint density at radius 2 is 1.98 bits per heavy atom. The van der Waals surface area contributed by atoms with Crippen molar-refractivity contribution in [1.82, 2.24) is 34.2 Å². The van der Waals surface area contributed by atoms with E-state index < -0.39 is 28.9 Å². The molecule has 2 amide bonds. The molecule has 0 radical (unpaired) electrons. The first kappa shape index (κ1) is 29.2. The van der Waals surface area contributed by atoms with Crippen LogP contribution in [0.2, 0.25) is 0 Å². The zero-order valence-corrected chi connectivity index (χ0v) is 24.5. The summed E-state index contributed by atoms with van der Waals surface area (Å²) in [7, 11) is 1.51. The highest BCUT2D eigenvalue weighted by Crippen LogP contribution is 2.37. The highest BCUT2D eigenvalue weighted by Gasteiger charge is 2.53. The fourth-order valence-corrected chi connectivity index (χ4v) is 5.59. The summed E-state index contributed by atoms with van der Waals surface area (Å²) in [5.41, 5.74) is -0.100. The number of carbonyl (C=O) groups excluding carboxylic acids is 2. The number of amides is 2. The molecule has 0 aliphatic carbocycles. The van der Waals surface area contributed by atoms with E-state index in [2.05, 4.69) is 16.7 Å². The van der Waals surface area contributed by atoms with Gasteiger partial charge in [0.2, 0.25) is 11.6 Å². The van der Waals surface area contributed by atoms with Crippen molar-refractivity contribution in [2.75, 3.05) is 33.4 Å². The number of fused-ring (bicyclic) bond motifs is 2. The SMILES string of the molecule is C=CC(=O)N1CC(F)(C(=O)N2CCn3nc(-c4cc(OCC(C)(O)c5ccc(F)cn5)c5c(OC)cnn5c4)c(C)c3C2)C1. The van der Waals surface area contributed by atoms with E-state index in [4.69, 9.17) is 14.6 Å². The van der Waals surface area contributed by atoms with E-state index in [1.54, 1.807) is 21.5 Å². The molecule has 1 atom stereocenters. The number of aliphatic hydroxyl groups is 1. The lowest BCUT2D eigenvalue weighted by atomic mass is 9.93. The van der Waals surface area contributed by atoms with E-state index in [0.29, 0.717) is 34.8 Å². The molecule has 44 heavy (non-hydrogen) atoms. The van der Waals surface area contributed by atoms with Crippen LogP contribution in [0.25, 0.3) is 16.8 Å². The van der Waals surface area contributed by atoms with Gasteiger partial charge in [-0.1, -0.05) is 6.58 Å². The van der Waals surface area contributed by atoms with Crippen molar-refractivity contribution in [1.29, 1.82) is 0 Å². The maximum absolute atomic E-state index is 15.4. The zero-order valence-electron chi connectivity index (χ0n) is 24.5. The van der Waals surface area contributed by atoms with Crippen LogP contribution in [0.5, 0.6) is 11.5 Å². The second-order valence-electron chi connectivity index (χ2n) is 11.3. The number of halogens is 2. The van der Waals surface area contributed by atoms with E-state index in [9.17, 15) is 19.1 Å². The van der Waals surface area contributed by atoms with Crippen molar-refractivity contribution in [2.45, 2.75) is 38.2 Å². The monoisotopic (exact) mass is 607 g/mol. The van der Waals surface area contributed by atoms with Crippen LogP contribution in [0.4, 0.5) is 8.78 Å². The molecule has 6 heterocycles. The molecule has 1 N–H and O–H groups in total. The number of aromatic nitrogens is 5. The fourth-order valence-electron chi connectivity index (χ4n) is 5.59. The average molecular weight is 608 g/mol. The molecule has 1 unspecified atom stereocenters. The summed E-state index contributed by atoms with van der Waals surface area (Å²) in [6.45, 7) is 6.79. The number of likely N-dealkylation sites (tertiary alicyclic amines) is 1. The van der Waals surface area contributed by atoms with E-state index in [0.717, 1.165) is 23.5 Å². The summed E-state index contributed by atoms with van der Waals surface area (Å²) in [5, 5.41) is 20.3. The number of methoxy groups -OCH3 is 1. The van der Waals surface area contributed by atoms with Gasteiger partial charge in [-0.2, -0.15) is 10.2 Å². The van der Waals surface area contributed by atoms with Gasteiger partial charge in [0.25, 0.3) is 5.91 Å². The number of hydrogen-bond donors (Lipinski definition) is 1. The van der Waals surface area contributed by atoms with Gasteiger partial charge in [-0.05, 0) is 38.1 Å². The van der Waals surface area contributed by atoms with Gasteiger partial charge in [0.1, 0.15) is 23.8 Å². The van der Waals surface area contributed by atoms with E-state index in [-0.39, 0.29) is 38.5 Å². The third-order valence-corrected chi connectivity index (χ3v) is 8.11. The lowest BCUT2D eigenvalue weighted by Crippen LogP contribution is -2.67. The summed E-state index contributed by atoms with van der Waals surface area (Å²) in [5.74, 6) is -0.778. The molecule has 1 saturated heterocycles. The van der Waals surface area contributed by atoms with Crippen molar-refractivity contribution >= 4 is 17.3 Å². The number of ether oxygens (including phenoxy) is 2. The van der Waals surface area contributed by atoms with Gasteiger partial charge in [-0.3, -0.25) is 19.3 Å². The van der Waals surface area contributed by atoms with Gasteiger partial charge in [0.15, 0.2) is 11.3 Å². The normalized spacial score (nSPS) is 17.0. The molecule has 6 rings (SSSR count). The standard InChI is InChI=1S/C30H31F2N7O5/c1-5-25(40)37-15-30(32,16-37)28(41)36-8-9-38-21(14-36)18(2)26(35-38)19-10-22(27-23(43-4)12-34-39(27)13-19)44-17-29(3,42)24-7-6-20(31)11-33-24/h5-7,10-13,42H,1,8-9,14-17H2,2-4H3. The Hall–Kier alpha value is -4.85. The van der Waals surface area contributed by atoms with Crippen molar-refractivity contribution in [2.24, 2.45) is 0 Å². The molecular weight excluding hydrogens is 576 g/mol. The summed E-state index contributed by atoms with van der Waals surface area (Å²) in [4.78, 5) is 31.6. The van der Waals surface area contributed by atoms with Gasteiger partial charge in [-0.15, -0.1) is 0 Å². The highest BCUT2D eigenvalue weighted by atomic mass is 19.1. The molecule has 1 fully saturated rings. The Balaban J connectivity index is 1.28. The first-order valence-corrected chi connectivity index (χ1v) is 13.9. The van der Waals surface area contributed by atoms with Crippen LogP contribution in [-0.4, -0.2) is 90.1 Å². The first-order chi connectivity index (χ1) is 20.9. The van der Waals surface area contributed by atoms with Crippen LogP contribution in [0.15, 0.2) is 49.4 Å². The third kappa shape index (κ3) is 4.94. The topological polar surface area (TPSA) is 127 Å². The number of carbonyl (C=O) groups is 2. The number of hydrogen-bond acceptors (Lipinski definition) is 8. The molecule has 0 bridgehead atoms. The van der Waals surface area contributed by atoms with E-state index in [1.165, 1.54) is 42.2 Å². The summed E-state index contributed by atoms with van der Waals surface area (Å²) in [6.07, 6.45) is 5.44. The van der Waals surface area contributed by atoms with Crippen LogP contribution in [0.1, 0.15) is 23.9 Å². The maximum Gasteiger partial charge on any atom is 0.264 e. The van der Waals surface area contributed by atoms with Gasteiger partial charge in [-0.25, -0.2) is 13.3 Å². The zero-order chi connectivity index (χ0) is 31.4. The van der Waals surface area contributed by atoms with Crippen molar-refractivity contribution < 1.29 is 33.0 Å². The molecule has 4 aromatic heterocycles. The number of nitrogens with zero attached hydrogens (tertiary/aromatic N) is 7. The molecular formula is C30H31F2N7O5. The molecule has 2 aliphatic rings. The largest absolute Gasteiger partial charge is 0.493 e. The van der Waals surface area contributed by atoms with Crippen LogP contribution in [0.3, 0.4) is 0 Å². The predicted octanol–water partition coefficient (Wildman–Crippen LogP) is 2.41. The summed E-state index contributed by atoms with van der Waals surface area (Å²) in [6, 6.07) is 4.36. The Kier molecular flexibility index (Phi) is 7.11. The lowest BCUT2D eigenvalue weighted by molar-refractivity contribution is -0.163. The molecule has 230 valence electrons. The van der Waals surface area contributed by atoms with Gasteiger partial charge in [0.05, 0.1) is 62.8 Å². The second kappa shape index (κ2) is 10.7. The third-order valence-electron chi connectivity index (χ3n) is 8.11. The number of alkyl halides is 1. The predicted molar refractivity (Wildman–Crippen MR) is 153 cm³/mol. The Morgan fingerprint density at radius 3 is 2.66 bits per heavy atom. The molecule has 14 heteroatoms. The van der Waals surface area contributed by atoms with E-state index in [1.807, 2.05) is 6.92 Å². The Bertz CT molecular complexity index is 1780. The highest BCUT2D eigenvalue weighted by molar-refractivity contribution is 5.93. The van der Waals surface area contributed by atoms with E-state index >= 15 is 4.39 Å². The maximum atomic E-state index is 15.4. The minimum Gasteiger partial charge on any atom is -0.493 e. The molecule has 4 aromatic rings. The van der Waals surface area contributed by atoms with Crippen LogP contribution in [-0.2, 0) is 28.3 Å². The van der Waals surface area contributed by atoms with Crippen molar-refractivity contribution in [3.8, 4) is 22.8 Å². The average Bonchev–Trinajstić information content (AvgIpc) is 3.58. The summed E-state index contributed by atoms with van der Waals surface area (Å²) < 4.78 is 43.8. The lowest BCUT2D eigenvalue weighted by Gasteiger charge is -2.45. The number of pyridine rings is 2. The minimum absolute atomic E-state index is 0.160. The van der Waals surface area contributed by atoms with Crippen molar-refractivity contribution in [3.05, 3.63) is 72.2 Å². The fraction of sp³-hybridized carbons (Fsp3) is 0.367. The van der Waals surface area contributed by atoms with Crippen molar-refractivity contribution in [3.63, 3.8) is 0 Å². The van der Waals surface area contributed by atoms with Gasteiger partial charge >= 0.3 is 0 Å². The van der Waals surface area contributed by atoms with Crippen LogP contribution < -0.4 is 9.47 Å². The molecule has 0 aromatic carbocycles.